The first-order valence-corrected chi connectivity index (χ1v) is 6.24. The van der Waals surface area contributed by atoms with Gasteiger partial charge in [-0.05, 0) is 37.6 Å². The maximum absolute atomic E-state index is 13.5. The van der Waals surface area contributed by atoms with E-state index in [4.69, 9.17) is 4.74 Å². The van der Waals surface area contributed by atoms with Crippen LogP contribution in [0.5, 0.6) is 5.75 Å². The first-order valence-electron chi connectivity index (χ1n) is 6.24. The molecule has 0 amide bonds. The van der Waals surface area contributed by atoms with Crippen LogP contribution in [0.3, 0.4) is 0 Å². The second kappa shape index (κ2) is 6.71. The largest absolute Gasteiger partial charge is 0.494 e. The summed E-state index contributed by atoms with van der Waals surface area (Å²) in [6, 6.07) is 4.77. The molecule has 1 unspecified atom stereocenters. The quantitative estimate of drug-likeness (QED) is 0.733. The lowest BCUT2D eigenvalue weighted by molar-refractivity contribution is 0.0603. The summed E-state index contributed by atoms with van der Waals surface area (Å²) in [7, 11) is 1.43. The summed E-state index contributed by atoms with van der Waals surface area (Å²) in [5.41, 5.74) is -0.118. The Morgan fingerprint density at radius 2 is 2.17 bits per heavy atom. The Morgan fingerprint density at radius 1 is 1.44 bits per heavy atom. The van der Waals surface area contributed by atoms with Gasteiger partial charge in [0.25, 0.3) is 0 Å². The van der Waals surface area contributed by atoms with Gasteiger partial charge in [-0.2, -0.15) is 0 Å². The molecular formula is C14H22FNO2. The van der Waals surface area contributed by atoms with E-state index in [1.165, 1.54) is 13.2 Å². The van der Waals surface area contributed by atoms with Crippen LogP contribution in [-0.2, 0) is 6.42 Å². The fraction of sp³-hybridized carbons (Fsp3) is 0.571. The summed E-state index contributed by atoms with van der Waals surface area (Å²) in [6.45, 7) is 5.18. The van der Waals surface area contributed by atoms with Crippen LogP contribution in [0, 0.1) is 5.82 Å². The van der Waals surface area contributed by atoms with Crippen LogP contribution in [0.15, 0.2) is 18.2 Å². The average Bonchev–Trinajstić information content (AvgIpc) is 2.29. The van der Waals surface area contributed by atoms with Crippen LogP contribution in [0.4, 0.5) is 4.39 Å². The lowest BCUT2D eigenvalue weighted by atomic mass is 9.96. The highest BCUT2D eigenvalue weighted by atomic mass is 19.1. The van der Waals surface area contributed by atoms with Crippen LogP contribution in [0.1, 0.15) is 25.8 Å². The number of benzene rings is 1. The number of methoxy groups -OCH3 is 1. The zero-order valence-electron chi connectivity index (χ0n) is 11.3. The maximum Gasteiger partial charge on any atom is 0.165 e. The van der Waals surface area contributed by atoms with E-state index in [9.17, 15) is 9.50 Å². The molecule has 4 heteroatoms. The van der Waals surface area contributed by atoms with Gasteiger partial charge in [0.05, 0.1) is 12.7 Å². The molecule has 0 saturated carbocycles. The number of rotatable bonds is 7. The molecule has 1 aromatic carbocycles. The summed E-state index contributed by atoms with van der Waals surface area (Å²) in [5.74, 6) is -0.171. The molecule has 0 aromatic heterocycles. The number of hydrogen-bond donors (Lipinski definition) is 2. The van der Waals surface area contributed by atoms with E-state index in [2.05, 4.69) is 12.2 Å². The third-order valence-corrected chi connectivity index (χ3v) is 2.73. The van der Waals surface area contributed by atoms with Gasteiger partial charge >= 0.3 is 0 Å². The van der Waals surface area contributed by atoms with Crippen molar-refractivity contribution in [2.24, 2.45) is 0 Å². The first-order chi connectivity index (χ1) is 8.48. The topological polar surface area (TPSA) is 41.5 Å². The molecule has 2 N–H and O–H groups in total. The molecule has 0 saturated heterocycles. The molecule has 1 aromatic rings. The van der Waals surface area contributed by atoms with Gasteiger partial charge in [-0.3, -0.25) is 0 Å². The van der Waals surface area contributed by atoms with Crippen molar-refractivity contribution >= 4 is 0 Å². The molecule has 3 nitrogen and oxygen atoms in total. The Kier molecular flexibility index (Phi) is 5.56. The zero-order chi connectivity index (χ0) is 13.6. The van der Waals surface area contributed by atoms with Crippen LogP contribution in [-0.4, -0.2) is 30.9 Å². The molecule has 0 fully saturated rings. The Bertz CT molecular complexity index is 380. The fourth-order valence-electron chi connectivity index (χ4n) is 1.86. The predicted molar refractivity (Wildman–Crippen MR) is 70.4 cm³/mol. The van der Waals surface area contributed by atoms with Crippen molar-refractivity contribution in [3.05, 3.63) is 29.6 Å². The molecule has 1 atom stereocenters. The molecule has 0 spiro atoms. The highest BCUT2D eigenvalue weighted by Gasteiger charge is 2.20. The molecule has 1 rings (SSSR count). The van der Waals surface area contributed by atoms with Crippen LogP contribution in [0.25, 0.3) is 0 Å². The Balaban J connectivity index is 2.62. The molecule has 18 heavy (non-hydrogen) atoms. The summed E-state index contributed by atoms with van der Waals surface area (Å²) in [5, 5.41) is 13.4. The van der Waals surface area contributed by atoms with Gasteiger partial charge in [-0.15, -0.1) is 0 Å². The molecule has 0 aliphatic rings. The van der Waals surface area contributed by atoms with Crippen molar-refractivity contribution < 1.29 is 14.2 Å². The van der Waals surface area contributed by atoms with Gasteiger partial charge in [0.2, 0.25) is 0 Å². The van der Waals surface area contributed by atoms with Gasteiger partial charge in [0.1, 0.15) is 0 Å². The molecule has 0 aliphatic heterocycles. The van der Waals surface area contributed by atoms with Crippen molar-refractivity contribution in [2.45, 2.75) is 32.3 Å². The molecule has 0 heterocycles. The number of nitrogens with one attached hydrogen (secondary N) is 1. The third-order valence-electron chi connectivity index (χ3n) is 2.73. The van der Waals surface area contributed by atoms with E-state index >= 15 is 0 Å². The van der Waals surface area contributed by atoms with Gasteiger partial charge in [-0.1, -0.05) is 13.0 Å². The number of hydrogen-bond acceptors (Lipinski definition) is 3. The zero-order valence-corrected chi connectivity index (χ0v) is 11.3. The van der Waals surface area contributed by atoms with Crippen molar-refractivity contribution in [1.29, 1.82) is 0 Å². The highest BCUT2D eigenvalue weighted by molar-refractivity contribution is 5.30. The van der Waals surface area contributed by atoms with Crippen molar-refractivity contribution in [3.63, 3.8) is 0 Å². The van der Waals surface area contributed by atoms with E-state index in [0.29, 0.717) is 13.0 Å². The van der Waals surface area contributed by atoms with E-state index in [0.717, 1.165) is 18.5 Å². The Morgan fingerprint density at radius 3 is 2.72 bits per heavy atom. The van der Waals surface area contributed by atoms with Gasteiger partial charge in [-0.25, -0.2) is 4.39 Å². The summed E-state index contributed by atoms with van der Waals surface area (Å²) in [6.07, 6.45) is 1.43. The van der Waals surface area contributed by atoms with E-state index in [1.807, 2.05) is 0 Å². The van der Waals surface area contributed by atoms with Crippen LogP contribution < -0.4 is 10.1 Å². The van der Waals surface area contributed by atoms with Crippen molar-refractivity contribution in [2.75, 3.05) is 20.2 Å². The van der Waals surface area contributed by atoms with E-state index in [-0.39, 0.29) is 5.75 Å². The summed E-state index contributed by atoms with van der Waals surface area (Å²) < 4.78 is 18.4. The Labute approximate surface area is 108 Å². The minimum atomic E-state index is -0.879. The minimum absolute atomic E-state index is 0.225. The fourth-order valence-corrected chi connectivity index (χ4v) is 1.86. The van der Waals surface area contributed by atoms with E-state index < -0.39 is 11.4 Å². The number of halogens is 1. The molecule has 0 bridgehead atoms. The second-order valence-electron chi connectivity index (χ2n) is 4.82. The average molecular weight is 255 g/mol. The maximum atomic E-state index is 13.5. The van der Waals surface area contributed by atoms with Crippen molar-refractivity contribution in [3.8, 4) is 5.75 Å². The first kappa shape index (κ1) is 14.9. The number of aliphatic hydroxyl groups is 1. The lowest BCUT2D eigenvalue weighted by Gasteiger charge is -2.24. The summed E-state index contributed by atoms with van der Waals surface area (Å²) in [4.78, 5) is 0. The Hall–Kier alpha value is -1.13. The van der Waals surface area contributed by atoms with Crippen molar-refractivity contribution in [1.82, 2.24) is 5.32 Å². The van der Waals surface area contributed by atoms with Gasteiger partial charge in [0.15, 0.2) is 11.6 Å². The third kappa shape index (κ3) is 4.63. The van der Waals surface area contributed by atoms with E-state index in [1.54, 1.807) is 19.1 Å². The molecule has 0 radical (unpaired) electrons. The normalized spacial score (nSPS) is 14.3. The SMILES string of the molecule is CCCNCC(C)(O)Cc1ccc(OC)c(F)c1. The van der Waals surface area contributed by atoms with Crippen LogP contribution >= 0.6 is 0 Å². The molecule has 0 aliphatic carbocycles. The van der Waals surface area contributed by atoms with Crippen LogP contribution in [0.2, 0.25) is 0 Å². The standard InChI is InChI=1S/C14H22FNO2/c1-4-7-16-10-14(2,17)9-11-5-6-13(18-3)12(15)8-11/h5-6,8,16-17H,4,7,9-10H2,1-3H3. The molecule has 102 valence electrons. The molecular weight excluding hydrogens is 233 g/mol. The van der Waals surface area contributed by atoms with Gasteiger partial charge < -0.3 is 15.2 Å². The number of ether oxygens (including phenoxy) is 1. The lowest BCUT2D eigenvalue weighted by Crippen LogP contribution is -2.40. The smallest absolute Gasteiger partial charge is 0.165 e. The van der Waals surface area contributed by atoms with Gasteiger partial charge in [0, 0.05) is 13.0 Å². The summed E-state index contributed by atoms with van der Waals surface area (Å²) >= 11 is 0. The second-order valence-corrected chi connectivity index (χ2v) is 4.82. The minimum Gasteiger partial charge on any atom is -0.494 e. The monoisotopic (exact) mass is 255 g/mol. The predicted octanol–water partition coefficient (Wildman–Crippen LogP) is 2.13. The highest BCUT2D eigenvalue weighted by Crippen LogP contribution is 2.20.